The van der Waals surface area contributed by atoms with Crippen molar-refractivity contribution in [2.45, 2.75) is 32.1 Å². The Balaban J connectivity index is 2.25. The molecule has 0 bridgehead atoms. The minimum atomic E-state index is 0.177. The van der Waals surface area contributed by atoms with Crippen molar-refractivity contribution < 1.29 is 9.53 Å². The number of carbonyl (C=O) groups is 1. The number of rotatable bonds is 0. The van der Waals surface area contributed by atoms with Gasteiger partial charge in [-0.2, -0.15) is 0 Å². The van der Waals surface area contributed by atoms with Gasteiger partial charge in [-0.05, 0) is 30.9 Å². The van der Waals surface area contributed by atoms with E-state index >= 15 is 0 Å². The molecule has 16 heavy (non-hydrogen) atoms. The molecule has 0 amide bonds. The van der Waals surface area contributed by atoms with Crippen molar-refractivity contribution in [2.24, 2.45) is 0 Å². The summed E-state index contributed by atoms with van der Waals surface area (Å²) in [6, 6.07) is 1.91. The number of ketones is 1. The van der Waals surface area contributed by atoms with Gasteiger partial charge in [0.15, 0.2) is 5.78 Å². The van der Waals surface area contributed by atoms with Gasteiger partial charge >= 0.3 is 0 Å². The van der Waals surface area contributed by atoms with Crippen molar-refractivity contribution in [3.63, 3.8) is 0 Å². The Hall–Kier alpha value is -1.02. The number of ether oxygens (including phenoxy) is 1. The normalized spacial score (nSPS) is 18.7. The Kier molecular flexibility index (Phi) is 2.40. The van der Waals surface area contributed by atoms with Crippen LogP contribution >= 0.6 is 11.6 Å². The van der Waals surface area contributed by atoms with E-state index < -0.39 is 0 Å². The second-order valence-corrected chi connectivity index (χ2v) is 4.84. The van der Waals surface area contributed by atoms with Crippen LogP contribution in [0.2, 0.25) is 5.02 Å². The van der Waals surface area contributed by atoms with Crippen LogP contribution < -0.4 is 4.74 Å². The maximum absolute atomic E-state index is 12.0. The summed E-state index contributed by atoms with van der Waals surface area (Å²) in [5, 5.41) is 0.617. The molecule has 3 heteroatoms. The highest BCUT2D eigenvalue weighted by molar-refractivity contribution is 6.34. The first-order chi connectivity index (χ1) is 7.77. The number of halogens is 1. The third-order valence-corrected chi connectivity index (χ3v) is 3.68. The summed E-state index contributed by atoms with van der Waals surface area (Å²) in [5.74, 6) is 1.12. The van der Waals surface area contributed by atoms with E-state index in [1.807, 2.05) is 6.07 Å². The van der Waals surface area contributed by atoms with Crippen molar-refractivity contribution >= 4 is 17.4 Å². The van der Waals surface area contributed by atoms with Crippen LogP contribution in [-0.4, -0.2) is 12.4 Å². The Labute approximate surface area is 99.6 Å². The van der Waals surface area contributed by atoms with Gasteiger partial charge in [-0.1, -0.05) is 11.6 Å². The Morgan fingerprint density at radius 2 is 2.00 bits per heavy atom. The van der Waals surface area contributed by atoms with E-state index in [0.29, 0.717) is 11.4 Å². The van der Waals surface area contributed by atoms with Crippen molar-refractivity contribution in [1.82, 2.24) is 0 Å². The zero-order chi connectivity index (χ0) is 11.1. The molecule has 1 aliphatic carbocycles. The molecule has 0 spiro atoms. The molecule has 0 unspecified atom stereocenters. The SMILES string of the molecule is O=C1CCCCc2c3c(cc(Cl)c21)CCO3. The van der Waals surface area contributed by atoms with Crippen LogP contribution in [0.4, 0.5) is 0 Å². The van der Waals surface area contributed by atoms with E-state index in [9.17, 15) is 4.79 Å². The van der Waals surface area contributed by atoms with Crippen LogP contribution in [0.15, 0.2) is 6.07 Å². The van der Waals surface area contributed by atoms with E-state index in [4.69, 9.17) is 16.3 Å². The van der Waals surface area contributed by atoms with Gasteiger partial charge in [0, 0.05) is 24.0 Å². The van der Waals surface area contributed by atoms with E-state index in [1.165, 1.54) is 5.56 Å². The number of fused-ring (bicyclic) bond motifs is 3. The summed E-state index contributed by atoms with van der Waals surface area (Å²) in [6.07, 6.45) is 4.46. The summed E-state index contributed by atoms with van der Waals surface area (Å²) in [5.41, 5.74) is 2.95. The van der Waals surface area contributed by atoms with E-state index in [0.717, 1.165) is 49.2 Å². The van der Waals surface area contributed by atoms with Gasteiger partial charge < -0.3 is 4.74 Å². The van der Waals surface area contributed by atoms with Gasteiger partial charge in [0.05, 0.1) is 11.6 Å². The van der Waals surface area contributed by atoms with Crippen LogP contribution in [0.1, 0.15) is 40.7 Å². The van der Waals surface area contributed by atoms with Gasteiger partial charge in [0.1, 0.15) is 5.75 Å². The summed E-state index contributed by atoms with van der Waals surface area (Å²) in [4.78, 5) is 12.0. The Morgan fingerprint density at radius 3 is 2.88 bits per heavy atom. The number of hydrogen-bond acceptors (Lipinski definition) is 2. The molecular weight excluding hydrogens is 224 g/mol. The molecule has 1 aromatic rings. The summed E-state index contributed by atoms with van der Waals surface area (Å²) >= 11 is 6.22. The van der Waals surface area contributed by atoms with Crippen LogP contribution in [0.3, 0.4) is 0 Å². The van der Waals surface area contributed by atoms with Crippen molar-refractivity contribution in [3.8, 4) is 5.75 Å². The third kappa shape index (κ3) is 1.44. The highest BCUT2D eigenvalue weighted by atomic mass is 35.5. The molecule has 2 aliphatic rings. The van der Waals surface area contributed by atoms with Gasteiger partial charge in [0.25, 0.3) is 0 Å². The van der Waals surface area contributed by atoms with Crippen LogP contribution in [0, 0.1) is 0 Å². The predicted molar refractivity (Wildman–Crippen MR) is 62.5 cm³/mol. The molecule has 1 aliphatic heterocycles. The number of benzene rings is 1. The number of hydrogen-bond donors (Lipinski definition) is 0. The van der Waals surface area contributed by atoms with Gasteiger partial charge in [-0.15, -0.1) is 0 Å². The first-order valence-corrected chi connectivity index (χ1v) is 6.15. The smallest absolute Gasteiger partial charge is 0.164 e. The molecule has 0 saturated carbocycles. The highest BCUT2D eigenvalue weighted by Crippen LogP contribution is 2.39. The molecule has 2 nitrogen and oxygen atoms in total. The molecule has 0 atom stereocenters. The fraction of sp³-hybridized carbons (Fsp3) is 0.462. The second kappa shape index (κ2) is 3.77. The zero-order valence-electron chi connectivity index (χ0n) is 9.01. The molecule has 0 fully saturated rings. The minimum Gasteiger partial charge on any atom is -0.493 e. The molecule has 0 saturated heterocycles. The van der Waals surface area contributed by atoms with Crippen molar-refractivity contribution in [2.75, 3.05) is 6.61 Å². The lowest BCUT2D eigenvalue weighted by Crippen LogP contribution is -2.03. The van der Waals surface area contributed by atoms with E-state index in [1.54, 1.807) is 0 Å². The van der Waals surface area contributed by atoms with Crippen molar-refractivity contribution in [3.05, 3.63) is 27.8 Å². The predicted octanol–water partition coefficient (Wildman–Crippen LogP) is 3.18. The molecule has 1 aromatic carbocycles. The maximum atomic E-state index is 12.0. The van der Waals surface area contributed by atoms with E-state index in [2.05, 4.69) is 0 Å². The lowest BCUT2D eigenvalue weighted by Gasteiger charge is -2.12. The fourth-order valence-corrected chi connectivity index (χ4v) is 2.97. The molecule has 0 radical (unpaired) electrons. The maximum Gasteiger partial charge on any atom is 0.164 e. The monoisotopic (exact) mass is 236 g/mol. The summed E-state index contributed by atoms with van der Waals surface area (Å²) in [7, 11) is 0. The molecule has 84 valence electrons. The standard InChI is InChI=1S/C13H13ClO2/c14-10-7-8-5-6-16-13(8)9-3-1-2-4-11(15)12(9)10/h7H,1-6H2. The summed E-state index contributed by atoms with van der Waals surface area (Å²) in [6.45, 7) is 0.719. The number of carbonyl (C=O) groups excluding carboxylic acids is 1. The van der Waals surface area contributed by atoms with Gasteiger partial charge in [-0.25, -0.2) is 0 Å². The molecule has 1 heterocycles. The topological polar surface area (TPSA) is 26.3 Å². The largest absolute Gasteiger partial charge is 0.493 e. The highest BCUT2D eigenvalue weighted by Gasteiger charge is 2.26. The molecule has 0 aromatic heterocycles. The average Bonchev–Trinajstić information content (AvgIpc) is 2.62. The van der Waals surface area contributed by atoms with Crippen LogP contribution in [-0.2, 0) is 12.8 Å². The van der Waals surface area contributed by atoms with Crippen molar-refractivity contribution in [1.29, 1.82) is 0 Å². The fourth-order valence-electron chi connectivity index (χ4n) is 2.62. The quantitative estimate of drug-likeness (QED) is 0.647. The zero-order valence-corrected chi connectivity index (χ0v) is 9.77. The Bertz CT molecular complexity index is 465. The lowest BCUT2D eigenvalue weighted by molar-refractivity contribution is 0.0982. The Morgan fingerprint density at radius 1 is 1.19 bits per heavy atom. The van der Waals surface area contributed by atoms with E-state index in [-0.39, 0.29) is 5.78 Å². The first kappa shape index (κ1) is 10.2. The summed E-state index contributed by atoms with van der Waals surface area (Å²) < 4.78 is 5.64. The van der Waals surface area contributed by atoms with Crippen LogP contribution in [0.25, 0.3) is 0 Å². The first-order valence-electron chi connectivity index (χ1n) is 5.77. The minimum absolute atomic E-state index is 0.177. The molecule has 3 rings (SSSR count). The lowest BCUT2D eigenvalue weighted by atomic mass is 9.97. The van der Waals surface area contributed by atoms with Gasteiger partial charge in [0.2, 0.25) is 0 Å². The number of Topliss-reactive ketones (excluding diaryl/α,β-unsaturated/α-hetero) is 1. The molecular formula is C13H13ClO2. The van der Waals surface area contributed by atoms with Gasteiger partial charge in [-0.3, -0.25) is 4.79 Å². The van der Waals surface area contributed by atoms with Crippen LogP contribution in [0.5, 0.6) is 5.75 Å². The second-order valence-electron chi connectivity index (χ2n) is 4.43. The average molecular weight is 237 g/mol. The third-order valence-electron chi connectivity index (χ3n) is 3.38. The molecule has 0 N–H and O–H groups in total.